The van der Waals surface area contributed by atoms with Crippen LogP contribution in [0.4, 0.5) is 20.8 Å². The lowest BCUT2D eigenvalue weighted by Crippen LogP contribution is -2.65. The molecule has 284 valence electrons. The van der Waals surface area contributed by atoms with Gasteiger partial charge in [0.2, 0.25) is 11.9 Å². The number of carboxylic acid groups (broad SMARTS) is 1. The molecular formula is C39H51FN8O5. The summed E-state index contributed by atoms with van der Waals surface area (Å²) in [6.07, 6.45) is 4.71. The Morgan fingerprint density at radius 2 is 1.62 bits per heavy atom. The predicted octanol–water partition coefficient (Wildman–Crippen LogP) is 4.44. The van der Waals surface area contributed by atoms with Gasteiger partial charge in [0.15, 0.2) is 0 Å². The third-order valence-corrected chi connectivity index (χ3v) is 10.3. The van der Waals surface area contributed by atoms with Gasteiger partial charge in [0, 0.05) is 87.9 Å². The number of ether oxygens (including phenoxy) is 1. The standard InChI is InChI=1S/C39H51FN8O5/c1-25-19-45(36-42-17-29(18-43-36)35(50)51)13-12-44(25)21-31-22-47(37(52)53-38(3,4)5)26(2)20-46(31)23-33(49)48-24-39(6,7)34-32(48)15-28(16-41-34)14-27-8-10-30(40)11-9-27/h8-11,15-18,25-26,31H,12-14,19-24H2,1-7H3,(H,50,51)/t25-,26-,31+/m1/s1. The molecule has 1 N–H and O–H groups in total. The van der Waals surface area contributed by atoms with Gasteiger partial charge in [-0.05, 0) is 70.4 Å². The summed E-state index contributed by atoms with van der Waals surface area (Å²) in [6.45, 7) is 18.1. The van der Waals surface area contributed by atoms with Gasteiger partial charge in [-0.2, -0.15) is 0 Å². The number of hydrogen-bond donors (Lipinski definition) is 1. The van der Waals surface area contributed by atoms with Crippen molar-refractivity contribution in [2.45, 2.75) is 84.0 Å². The number of aromatic carboxylic acids is 1. The fourth-order valence-electron chi connectivity index (χ4n) is 7.56. The zero-order chi connectivity index (χ0) is 38.2. The number of pyridine rings is 1. The lowest BCUT2D eigenvalue weighted by atomic mass is 9.91. The minimum atomic E-state index is -1.07. The quantitative estimate of drug-likeness (QED) is 0.353. The number of aromatic nitrogens is 3. The topological polar surface area (TPSA) is 136 Å². The van der Waals surface area contributed by atoms with E-state index in [1.165, 1.54) is 24.5 Å². The largest absolute Gasteiger partial charge is 0.478 e. The average molecular weight is 731 g/mol. The molecule has 14 heteroatoms. The van der Waals surface area contributed by atoms with Crippen LogP contribution in [0.1, 0.15) is 75.6 Å². The zero-order valence-corrected chi connectivity index (χ0v) is 31.8. The molecule has 3 atom stereocenters. The van der Waals surface area contributed by atoms with Crippen LogP contribution in [0.5, 0.6) is 0 Å². The van der Waals surface area contributed by atoms with E-state index < -0.39 is 11.6 Å². The summed E-state index contributed by atoms with van der Waals surface area (Å²) < 4.78 is 19.4. The van der Waals surface area contributed by atoms with Gasteiger partial charge in [-0.15, -0.1) is 0 Å². The normalized spacial score (nSPS) is 22.1. The summed E-state index contributed by atoms with van der Waals surface area (Å²) in [7, 11) is 0. The molecule has 3 aliphatic rings. The molecule has 0 unspecified atom stereocenters. The first-order valence-corrected chi connectivity index (χ1v) is 18.3. The molecule has 1 aromatic carbocycles. The van der Waals surface area contributed by atoms with E-state index in [-0.39, 0.29) is 53.5 Å². The molecule has 0 radical (unpaired) electrons. The average Bonchev–Trinajstić information content (AvgIpc) is 3.36. The number of rotatable bonds is 8. The van der Waals surface area contributed by atoms with Crippen molar-refractivity contribution in [1.29, 1.82) is 0 Å². The highest BCUT2D eigenvalue weighted by Gasteiger charge is 2.43. The highest BCUT2D eigenvalue weighted by molar-refractivity contribution is 5.97. The van der Waals surface area contributed by atoms with Crippen LogP contribution in [-0.4, -0.2) is 129 Å². The molecule has 2 aromatic heterocycles. The first-order valence-electron chi connectivity index (χ1n) is 18.3. The highest BCUT2D eigenvalue weighted by Crippen LogP contribution is 2.40. The number of piperazine rings is 2. The Balaban J connectivity index is 1.20. The molecule has 0 saturated carbocycles. The monoisotopic (exact) mass is 730 g/mol. The Morgan fingerprint density at radius 1 is 0.925 bits per heavy atom. The number of carbonyl (C=O) groups is 3. The Hall–Kier alpha value is -4.69. The maximum absolute atomic E-state index is 14.4. The zero-order valence-electron chi connectivity index (χ0n) is 31.8. The van der Waals surface area contributed by atoms with Crippen LogP contribution in [0.3, 0.4) is 0 Å². The lowest BCUT2D eigenvalue weighted by Gasteiger charge is -2.48. The van der Waals surface area contributed by atoms with Crippen LogP contribution in [0.15, 0.2) is 48.9 Å². The van der Waals surface area contributed by atoms with Crippen molar-refractivity contribution in [1.82, 2.24) is 29.7 Å². The van der Waals surface area contributed by atoms with Crippen molar-refractivity contribution < 1.29 is 28.6 Å². The van der Waals surface area contributed by atoms with E-state index in [0.29, 0.717) is 58.2 Å². The summed E-state index contributed by atoms with van der Waals surface area (Å²) in [5.41, 5.74) is 2.64. The number of nitrogens with zero attached hydrogens (tertiary/aromatic N) is 8. The molecule has 0 bridgehead atoms. The molecular weight excluding hydrogens is 679 g/mol. The molecule has 0 aliphatic carbocycles. The van der Waals surface area contributed by atoms with Crippen LogP contribution < -0.4 is 9.80 Å². The molecule has 2 fully saturated rings. The van der Waals surface area contributed by atoms with Crippen LogP contribution in [0.25, 0.3) is 0 Å². The number of halogens is 1. The second kappa shape index (κ2) is 15.0. The summed E-state index contributed by atoms with van der Waals surface area (Å²) in [4.78, 5) is 62.8. The molecule has 53 heavy (non-hydrogen) atoms. The second-order valence-corrected chi connectivity index (χ2v) is 16.3. The van der Waals surface area contributed by atoms with Crippen LogP contribution >= 0.6 is 0 Å². The Kier molecular flexibility index (Phi) is 10.8. The van der Waals surface area contributed by atoms with Crippen LogP contribution in [0, 0.1) is 5.82 Å². The number of benzene rings is 1. The van der Waals surface area contributed by atoms with Crippen molar-refractivity contribution in [2.75, 3.05) is 62.2 Å². The number of carbonyl (C=O) groups excluding carboxylic acids is 2. The van der Waals surface area contributed by atoms with E-state index in [4.69, 9.17) is 9.72 Å². The first kappa shape index (κ1) is 38.0. The van der Waals surface area contributed by atoms with Crippen LogP contribution in [0.2, 0.25) is 0 Å². The smallest absolute Gasteiger partial charge is 0.410 e. The molecule has 2 amide bonds. The number of anilines is 2. The van der Waals surface area contributed by atoms with Gasteiger partial charge in [0.1, 0.15) is 11.4 Å². The van der Waals surface area contributed by atoms with Crippen molar-refractivity contribution in [2.24, 2.45) is 0 Å². The maximum Gasteiger partial charge on any atom is 0.410 e. The van der Waals surface area contributed by atoms with Gasteiger partial charge in [-0.1, -0.05) is 26.0 Å². The SMILES string of the molecule is C[C@@H]1CN(c2ncc(C(=O)O)cn2)CCN1C[C@H]1CN(C(=O)OC(C)(C)C)[C@H](C)CN1CC(=O)N1CC(C)(C)c2ncc(Cc3ccc(F)cc3)cc21. The number of fused-ring (bicyclic) bond motifs is 1. The van der Waals surface area contributed by atoms with Gasteiger partial charge < -0.3 is 24.5 Å². The van der Waals surface area contributed by atoms with E-state index >= 15 is 0 Å². The van der Waals surface area contributed by atoms with E-state index in [1.54, 1.807) is 17.0 Å². The molecule has 3 aromatic rings. The van der Waals surface area contributed by atoms with Gasteiger partial charge in [-0.25, -0.2) is 23.9 Å². The van der Waals surface area contributed by atoms with Gasteiger partial charge in [0.25, 0.3) is 0 Å². The predicted molar refractivity (Wildman–Crippen MR) is 199 cm³/mol. The second-order valence-electron chi connectivity index (χ2n) is 16.3. The number of amides is 2. The first-order chi connectivity index (χ1) is 25.0. The Bertz CT molecular complexity index is 1820. The van der Waals surface area contributed by atoms with Gasteiger partial charge in [0.05, 0.1) is 23.5 Å². The Labute approximate surface area is 310 Å². The fourth-order valence-corrected chi connectivity index (χ4v) is 7.56. The van der Waals surface area contributed by atoms with E-state index in [0.717, 1.165) is 22.5 Å². The molecule has 3 aliphatic heterocycles. The number of hydrogen-bond acceptors (Lipinski definition) is 10. The van der Waals surface area contributed by atoms with Crippen molar-refractivity contribution in [3.63, 3.8) is 0 Å². The number of carboxylic acids is 1. The van der Waals surface area contributed by atoms with E-state index in [1.807, 2.05) is 44.9 Å². The van der Waals surface area contributed by atoms with Crippen LogP contribution in [-0.2, 0) is 21.4 Å². The lowest BCUT2D eigenvalue weighted by molar-refractivity contribution is -0.121. The van der Waals surface area contributed by atoms with Crippen molar-refractivity contribution >= 4 is 29.6 Å². The summed E-state index contributed by atoms with van der Waals surface area (Å²) in [5, 5.41) is 9.24. The van der Waals surface area contributed by atoms with Gasteiger partial charge >= 0.3 is 12.1 Å². The maximum atomic E-state index is 14.4. The molecule has 5 heterocycles. The highest BCUT2D eigenvalue weighted by atomic mass is 19.1. The summed E-state index contributed by atoms with van der Waals surface area (Å²) in [6, 6.07) is 8.23. The molecule has 13 nitrogen and oxygen atoms in total. The third-order valence-electron chi connectivity index (χ3n) is 10.3. The molecule has 0 spiro atoms. The minimum absolute atomic E-state index is 0.0275. The van der Waals surface area contributed by atoms with E-state index in [2.05, 4.69) is 45.4 Å². The Morgan fingerprint density at radius 3 is 2.26 bits per heavy atom. The molecule has 6 rings (SSSR count). The van der Waals surface area contributed by atoms with E-state index in [9.17, 15) is 23.9 Å². The fraction of sp³-hybridized carbons (Fsp3) is 0.538. The van der Waals surface area contributed by atoms with Gasteiger partial charge in [-0.3, -0.25) is 19.6 Å². The van der Waals surface area contributed by atoms with Crippen molar-refractivity contribution in [3.05, 3.63) is 77.1 Å². The summed E-state index contributed by atoms with van der Waals surface area (Å²) >= 11 is 0. The van der Waals surface area contributed by atoms with Crippen molar-refractivity contribution in [3.8, 4) is 0 Å². The third kappa shape index (κ3) is 8.76. The minimum Gasteiger partial charge on any atom is -0.478 e. The summed E-state index contributed by atoms with van der Waals surface area (Å²) in [5.74, 6) is -0.892. The molecule has 2 saturated heterocycles.